The molecule has 1 amide bonds. The van der Waals surface area contributed by atoms with Gasteiger partial charge in [0.05, 0.1) is 19.8 Å². The summed E-state index contributed by atoms with van der Waals surface area (Å²) in [4.78, 5) is 26.8. The van der Waals surface area contributed by atoms with Crippen LogP contribution >= 0.6 is 11.3 Å². The molecule has 2 N–H and O–H groups in total. The van der Waals surface area contributed by atoms with Crippen LogP contribution in [0.4, 0.5) is 5.13 Å². The molecule has 8 heteroatoms. The summed E-state index contributed by atoms with van der Waals surface area (Å²) in [6, 6.07) is 0. The van der Waals surface area contributed by atoms with Crippen LogP contribution in [0, 0.1) is 0 Å². The summed E-state index contributed by atoms with van der Waals surface area (Å²) < 4.78 is 10.4. The van der Waals surface area contributed by atoms with Crippen molar-refractivity contribution >= 4 is 34.4 Å². The molecule has 1 aliphatic rings. The second-order valence-corrected chi connectivity index (χ2v) is 4.73. The summed E-state index contributed by atoms with van der Waals surface area (Å²) in [6.45, 7) is 1.11. The van der Waals surface area contributed by atoms with E-state index in [0.29, 0.717) is 23.2 Å². The lowest BCUT2D eigenvalue weighted by Crippen LogP contribution is -2.39. The number of amides is 1. The molecule has 2 rings (SSSR count). The number of carbonyl (C=O) groups is 2. The van der Waals surface area contributed by atoms with Gasteiger partial charge in [0.1, 0.15) is 0 Å². The van der Waals surface area contributed by atoms with Gasteiger partial charge in [-0.1, -0.05) is 11.3 Å². The van der Waals surface area contributed by atoms with E-state index in [4.69, 9.17) is 14.6 Å². The molecule has 0 radical (unpaired) electrons. The summed E-state index contributed by atoms with van der Waals surface area (Å²) >= 11 is 1.18. The predicted molar refractivity (Wildman–Crippen MR) is 68.0 cm³/mol. The molecular weight excluding hydrogens is 272 g/mol. The van der Waals surface area contributed by atoms with E-state index in [1.165, 1.54) is 23.6 Å². The van der Waals surface area contributed by atoms with Crippen molar-refractivity contribution in [3.8, 4) is 0 Å². The van der Waals surface area contributed by atoms with Crippen LogP contribution in [-0.2, 0) is 19.1 Å². The van der Waals surface area contributed by atoms with E-state index in [9.17, 15) is 9.59 Å². The molecule has 1 fully saturated rings. The normalized spacial score (nSPS) is 19.5. The number of carboxylic acids is 1. The minimum atomic E-state index is -1.04. The molecular formula is C11H12N2O5S. The number of hydrogen-bond acceptors (Lipinski definition) is 6. The Morgan fingerprint density at radius 1 is 1.53 bits per heavy atom. The minimum absolute atomic E-state index is 0.225. The van der Waals surface area contributed by atoms with Gasteiger partial charge in [0, 0.05) is 17.2 Å². The summed E-state index contributed by atoms with van der Waals surface area (Å²) in [6.07, 6.45) is 3.28. The molecule has 0 aliphatic carbocycles. The molecule has 102 valence electrons. The van der Waals surface area contributed by atoms with Crippen LogP contribution in [0.3, 0.4) is 0 Å². The van der Waals surface area contributed by atoms with Gasteiger partial charge in [-0.25, -0.2) is 9.78 Å². The lowest BCUT2D eigenvalue weighted by molar-refractivity contribution is -0.142. The second-order valence-electron chi connectivity index (χ2n) is 3.66. The van der Waals surface area contributed by atoms with Crippen LogP contribution in [0.2, 0.25) is 0 Å². The van der Waals surface area contributed by atoms with Crippen molar-refractivity contribution in [1.82, 2.24) is 4.98 Å². The van der Waals surface area contributed by atoms with Crippen molar-refractivity contribution in [1.29, 1.82) is 0 Å². The van der Waals surface area contributed by atoms with Crippen molar-refractivity contribution in [2.75, 3.05) is 25.1 Å². The third-order valence-corrected chi connectivity index (χ3v) is 3.13. The molecule has 0 spiro atoms. The van der Waals surface area contributed by atoms with E-state index in [1.54, 1.807) is 0 Å². The molecule has 2 heterocycles. The van der Waals surface area contributed by atoms with E-state index in [-0.39, 0.29) is 12.5 Å². The second kappa shape index (κ2) is 6.41. The quantitative estimate of drug-likeness (QED) is 0.785. The van der Waals surface area contributed by atoms with Crippen LogP contribution in [0.25, 0.3) is 6.08 Å². The number of rotatable bonds is 4. The summed E-state index contributed by atoms with van der Waals surface area (Å²) in [7, 11) is 0. The van der Waals surface area contributed by atoms with Crippen molar-refractivity contribution < 1.29 is 24.2 Å². The van der Waals surface area contributed by atoms with Gasteiger partial charge >= 0.3 is 5.97 Å². The number of aromatic nitrogens is 1. The average molecular weight is 284 g/mol. The Hall–Kier alpha value is -1.77. The Balaban J connectivity index is 1.92. The maximum absolute atomic E-state index is 11.8. The summed E-state index contributed by atoms with van der Waals surface area (Å²) in [5, 5.41) is 11.5. The molecule has 1 aromatic heterocycles. The standard InChI is InChI=1S/C11H12N2O5S/c14-9(15)2-1-7-5-12-11(19-7)13-10(16)8-6-17-3-4-18-8/h1-2,5,8H,3-4,6H2,(H,14,15)(H,12,13,16). The van der Waals surface area contributed by atoms with Gasteiger partial charge in [0.15, 0.2) is 11.2 Å². The zero-order chi connectivity index (χ0) is 13.7. The first-order valence-corrected chi connectivity index (χ1v) is 6.34. The van der Waals surface area contributed by atoms with E-state index in [2.05, 4.69) is 10.3 Å². The monoisotopic (exact) mass is 284 g/mol. The average Bonchev–Trinajstić information content (AvgIpc) is 2.85. The van der Waals surface area contributed by atoms with E-state index in [1.807, 2.05) is 0 Å². The number of hydrogen-bond donors (Lipinski definition) is 2. The highest BCUT2D eigenvalue weighted by Gasteiger charge is 2.23. The third kappa shape index (κ3) is 4.12. The van der Waals surface area contributed by atoms with Gasteiger partial charge in [-0.15, -0.1) is 0 Å². The van der Waals surface area contributed by atoms with Crippen molar-refractivity contribution in [3.63, 3.8) is 0 Å². The van der Waals surface area contributed by atoms with E-state index in [0.717, 1.165) is 6.08 Å². The fourth-order valence-corrected chi connectivity index (χ4v) is 2.12. The Morgan fingerprint density at radius 2 is 2.37 bits per heavy atom. The zero-order valence-corrected chi connectivity index (χ0v) is 10.7. The lowest BCUT2D eigenvalue weighted by atomic mass is 10.3. The highest BCUT2D eigenvalue weighted by molar-refractivity contribution is 7.16. The first kappa shape index (κ1) is 13.7. The van der Waals surface area contributed by atoms with Gasteiger partial charge in [-0.3, -0.25) is 10.1 Å². The number of nitrogens with one attached hydrogen (secondary N) is 1. The molecule has 1 aromatic rings. The molecule has 7 nitrogen and oxygen atoms in total. The summed E-state index contributed by atoms with van der Waals surface area (Å²) in [5.74, 6) is -1.35. The van der Waals surface area contributed by atoms with Crippen LogP contribution in [-0.4, -0.2) is 47.9 Å². The maximum atomic E-state index is 11.8. The number of carboxylic acid groups (broad SMARTS) is 1. The zero-order valence-electron chi connectivity index (χ0n) is 9.87. The molecule has 1 unspecified atom stereocenters. The number of carbonyl (C=O) groups excluding carboxylic acids is 1. The Bertz CT molecular complexity index is 493. The first-order valence-electron chi connectivity index (χ1n) is 5.52. The van der Waals surface area contributed by atoms with Gasteiger partial charge in [0.25, 0.3) is 5.91 Å². The van der Waals surface area contributed by atoms with Gasteiger partial charge < -0.3 is 14.6 Å². The Kier molecular flexibility index (Phi) is 4.61. The molecule has 1 saturated heterocycles. The molecule has 1 atom stereocenters. The van der Waals surface area contributed by atoms with E-state index >= 15 is 0 Å². The number of nitrogens with zero attached hydrogens (tertiary/aromatic N) is 1. The predicted octanol–water partition coefficient (Wildman–Crippen LogP) is 0.595. The number of ether oxygens (including phenoxy) is 2. The molecule has 0 saturated carbocycles. The van der Waals surface area contributed by atoms with Gasteiger partial charge in [-0.05, 0) is 6.08 Å². The van der Waals surface area contributed by atoms with Crippen LogP contribution in [0.1, 0.15) is 4.88 Å². The number of thiazole rings is 1. The first-order chi connectivity index (χ1) is 9.15. The Labute approximate surface area is 112 Å². The van der Waals surface area contributed by atoms with E-state index < -0.39 is 12.1 Å². The summed E-state index contributed by atoms with van der Waals surface area (Å²) in [5.41, 5.74) is 0. The molecule has 0 aromatic carbocycles. The third-order valence-electron chi connectivity index (χ3n) is 2.25. The van der Waals surface area contributed by atoms with Crippen molar-refractivity contribution in [3.05, 3.63) is 17.2 Å². The minimum Gasteiger partial charge on any atom is -0.478 e. The fraction of sp³-hybridized carbons (Fsp3) is 0.364. The molecule has 19 heavy (non-hydrogen) atoms. The number of anilines is 1. The van der Waals surface area contributed by atoms with Gasteiger partial charge in [0.2, 0.25) is 0 Å². The topological polar surface area (TPSA) is 97.8 Å². The van der Waals surface area contributed by atoms with Gasteiger partial charge in [-0.2, -0.15) is 0 Å². The van der Waals surface area contributed by atoms with Crippen LogP contribution < -0.4 is 5.32 Å². The number of aliphatic carboxylic acids is 1. The smallest absolute Gasteiger partial charge is 0.328 e. The maximum Gasteiger partial charge on any atom is 0.328 e. The SMILES string of the molecule is O=C(O)C=Cc1cnc(NC(=O)C2COCCO2)s1. The molecule has 0 bridgehead atoms. The molecule has 1 aliphatic heterocycles. The largest absolute Gasteiger partial charge is 0.478 e. The van der Waals surface area contributed by atoms with Crippen LogP contribution in [0.15, 0.2) is 12.3 Å². The van der Waals surface area contributed by atoms with Crippen molar-refractivity contribution in [2.24, 2.45) is 0 Å². The fourth-order valence-electron chi connectivity index (χ4n) is 1.40. The highest BCUT2D eigenvalue weighted by atomic mass is 32.1. The van der Waals surface area contributed by atoms with Crippen LogP contribution in [0.5, 0.6) is 0 Å². The lowest BCUT2D eigenvalue weighted by Gasteiger charge is -2.21. The Morgan fingerprint density at radius 3 is 3.05 bits per heavy atom. The highest BCUT2D eigenvalue weighted by Crippen LogP contribution is 2.19. The van der Waals surface area contributed by atoms with Crippen molar-refractivity contribution in [2.45, 2.75) is 6.10 Å².